The second-order valence-corrected chi connectivity index (χ2v) is 5.77. The first-order valence-electron chi connectivity index (χ1n) is 6.55. The molecule has 2 rings (SSSR count). The Morgan fingerprint density at radius 3 is 2.43 bits per heavy atom. The van der Waals surface area contributed by atoms with E-state index in [2.05, 4.69) is 0 Å². The Bertz CT molecular complexity index is 563. The molecule has 0 saturated carbocycles. The first kappa shape index (κ1) is 15.4. The third kappa shape index (κ3) is 2.89. The van der Waals surface area contributed by atoms with Gasteiger partial charge < -0.3 is 9.47 Å². The van der Waals surface area contributed by atoms with Crippen molar-refractivity contribution in [2.75, 3.05) is 6.61 Å². The van der Waals surface area contributed by atoms with Crippen LogP contribution in [0.1, 0.15) is 32.3 Å². The molecule has 0 N–H and O–H groups in total. The average molecular weight is 298 g/mol. The van der Waals surface area contributed by atoms with Crippen molar-refractivity contribution in [1.82, 2.24) is 0 Å². The van der Waals surface area contributed by atoms with Gasteiger partial charge in [-0.25, -0.2) is 13.6 Å². The van der Waals surface area contributed by atoms with Gasteiger partial charge in [0.25, 0.3) is 0 Å². The summed E-state index contributed by atoms with van der Waals surface area (Å²) in [7, 11) is 0. The van der Waals surface area contributed by atoms with Crippen molar-refractivity contribution in [2.45, 2.75) is 32.8 Å². The minimum absolute atomic E-state index is 0.131. The summed E-state index contributed by atoms with van der Waals surface area (Å²) in [4.78, 5) is 23.6. The van der Waals surface area contributed by atoms with E-state index < -0.39 is 41.0 Å². The van der Waals surface area contributed by atoms with Gasteiger partial charge in [0, 0.05) is 11.0 Å². The summed E-state index contributed by atoms with van der Waals surface area (Å²) in [5.41, 5.74) is -1.04. The number of rotatable bonds is 3. The van der Waals surface area contributed by atoms with Gasteiger partial charge in [-0.1, -0.05) is 19.9 Å². The standard InChI is InChI=1S/C15H16F2O4/c1-8(11-9(16)5-4-6-10(11)17)13(18)21-12-14(19)20-7-15(12,2)3/h4-6,8,12H,7H2,1-3H3/t8-,12+/m1/s1. The fourth-order valence-corrected chi connectivity index (χ4v) is 2.20. The fourth-order valence-electron chi connectivity index (χ4n) is 2.20. The largest absolute Gasteiger partial charge is 0.462 e. The number of cyclic esters (lactones) is 1. The number of esters is 2. The van der Waals surface area contributed by atoms with Gasteiger partial charge in [0.15, 0.2) is 0 Å². The van der Waals surface area contributed by atoms with Gasteiger partial charge in [-0.2, -0.15) is 0 Å². The summed E-state index contributed by atoms with van der Waals surface area (Å²) < 4.78 is 37.3. The lowest BCUT2D eigenvalue weighted by atomic mass is 9.89. The van der Waals surface area contributed by atoms with E-state index >= 15 is 0 Å². The van der Waals surface area contributed by atoms with Gasteiger partial charge >= 0.3 is 11.9 Å². The van der Waals surface area contributed by atoms with E-state index in [1.165, 1.54) is 13.0 Å². The molecule has 1 aromatic rings. The highest BCUT2D eigenvalue weighted by Gasteiger charge is 2.47. The Kier molecular flexibility index (Phi) is 3.98. The van der Waals surface area contributed by atoms with Gasteiger partial charge in [-0.05, 0) is 19.1 Å². The molecule has 1 saturated heterocycles. The third-order valence-electron chi connectivity index (χ3n) is 3.53. The first-order valence-corrected chi connectivity index (χ1v) is 6.55. The maximum Gasteiger partial charge on any atom is 0.348 e. The second-order valence-electron chi connectivity index (χ2n) is 5.77. The van der Waals surface area contributed by atoms with Gasteiger partial charge in [0.05, 0.1) is 5.92 Å². The lowest BCUT2D eigenvalue weighted by molar-refractivity contribution is -0.164. The van der Waals surface area contributed by atoms with Crippen LogP contribution in [0.25, 0.3) is 0 Å². The van der Waals surface area contributed by atoms with Gasteiger partial charge in [-0.3, -0.25) is 4.79 Å². The SMILES string of the molecule is C[C@@H](C(=O)O[C@H]1C(=O)OCC1(C)C)c1c(F)cccc1F. The van der Waals surface area contributed by atoms with Crippen LogP contribution < -0.4 is 0 Å². The molecular formula is C15H16F2O4. The molecule has 21 heavy (non-hydrogen) atoms. The number of halogens is 2. The highest BCUT2D eigenvalue weighted by molar-refractivity contribution is 5.84. The van der Waals surface area contributed by atoms with E-state index in [1.807, 2.05) is 0 Å². The maximum absolute atomic E-state index is 13.7. The van der Waals surface area contributed by atoms with Crippen LogP contribution in [0.3, 0.4) is 0 Å². The molecule has 0 aromatic heterocycles. The smallest absolute Gasteiger partial charge is 0.348 e. The minimum Gasteiger partial charge on any atom is -0.462 e. The highest BCUT2D eigenvalue weighted by Crippen LogP contribution is 2.33. The van der Waals surface area contributed by atoms with Crippen LogP contribution in [0.15, 0.2) is 18.2 Å². The third-order valence-corrected chi connectivity index (χ3v) is 3.53. The van der Waals surface area contributed by atoms with E-state index in [4.69, 9.17) is 9.47 Å². The molecule has 1 fully saturated rings. The van der Waals surface area contributed by atoms with E-state index in [1.54, 1.807) is 13.8 Å². The molecule has 1 heterocycles. The van der Waals surface area contributed by atoms with Crippen molar-refractivity contribution in [2.24, 2.45) is 5.41 Å². The number of carbonyl (C=O) groups is 2. The van der Waals surface area contributed by atoms with Crippen LogP contribution in [0.4, 0.5) is 8.78 Å². The van der Waals surface area contributed by atoms with Gasteiger partial charge in [-0.15, -0.1) is 0 Å². The second kappa shape index (κ2) is 5.42. The van der Waals surface area contributed by atoms with Crippen molar-refractivity contribution in [3.63, 3.8) is 0 Å². The molecule has 0 radical (unpaired) electrons. The number of ether oxygens (including phenoxy) is 2. The predicted octanol–water partition coefficient (Wildman–Crippen LogP) is 2.56. The summed E-state index contributed by atoms with van der Waals surface area (Å²) in [6.07, 6.45) is -1.07. The Hall–Kier alpha value is -1.98. The molecule has 0 bridgehead atoms. The Labute approximate surface area is 121 Å². The number of carbonyl (C=O) groups excluding carboxylic acids is 2. The molecule has 1 aliphatic heterocycles. The van der Waals surface area contributed by atoms with E-state index in [-0.39, 0.29) is 12.2 Å². The molecule has 2 atom stereocenters. The topological polar surface area (TPSA) is 52.6 Å². The van der Waals surface area contributed by atoms with Crippen LogP contribution >= 0.6 is 0 Å². The molecule has 6 heteroatoms. The quantitative estimate of drug-likeness (QED) is 0.805. The zero-order valence-corrected chi connectivity index (χ0v) is 12.0. The Balaban J connectivity index is 2.19. The highest BCUT2D eigenvalue weighted by atomic mass is 19.1. The van der Waals surface area contributed by atoms with E-state index in [0.29, 0.717) is 0 Å². The van der Waals surface area contributed by atoms with Crippen molar-refractivity contribution < 1.29 is 27.8 Å². The van der Waals surface area contributed by atoms with Crippen molar-refractivity contribution in [3.05, 3.63) is 35.4 Å². The molecule has 0 amide bonds. The molecule has 114 valence electrons. The molecule has 0 unspecified atom stereocenters. The summed E-state index contributed by atoms with van der Waals surface area (Å²) >= 11 is 0. The molecule has 1 aliphatic rings. The lowest BCUT2D eigenvalue weighted by Crippen LogP contribution is -2.36. The minimum atomic E-state index is -1.16. The zero-order chi connectivity index (χ0) is 15.8. The van der Waals surface area contributed by atoms with Crippen LogP contribution in [-0.2, 0) is 19.1 Å². The zero-order valence-electron chi connectivity index (χ0n) is 12.0. The lowest BCUT2D eigenvalue weighted by Gasteiger charge is -2.23. The number of hydrogen-bond acceptors (Lipinski definition) is 4. The van der Waals surface area contributed by atoms with Crippen LogP contribution in [0.5, 0.6) is 0 Å². The van der Waals surface area contributed by atoms with Gasteiger partial charge in [0.1, 0.15) is 18.2 Å². The number of benzene rings is 1. The predicted molar refractivity (Wildman–Crippen MR) is 69.4 cm³/mol. The molecular weight excluding hydrogens is 282 g/mol. The summed E-state index contributed by atoms with van der Waals surface area (Å²) in [5, 5.41) is 0. The fraction of sp³-hybridized carbons (Fsp3) is 0.467. The maximum atomic E-state index is 13.7. The van der Waals surface area contributed by atoms with Crippen molar-refractivity contribution >= 4 is 11.9 Å². The number of hydrogen-bond donors (Lipinski definition) is 0. The molecule has 0 spiro atoms. The van der Waals surface area contributed by atoms with Crippen LogP contribution in [0.2, 0.25) is 0 Å². The first-order chi connectivity index (χ1) is 9.74. The normalized spacial score (nSPS) is 21.8. The van der Waals surface area contributed by atoms with Gasteiger partial charge in [0.2, 0.25) is 6.10 Å². The molecule has 0 aliphatic carbocycles. The monoisotopic (exact) mass is 298 g/mol. The van der Waals surface area contributed by atoms with Crippen molar-refractivity contribution in [1.29, 1.82) is 0 Å². The van der Waals surface area contributed by atoms with Crippen molar-refractivity contribution in [3.8, 4) is 0 Å². The average Bonchev–Trinajstić information content (AvgIpc) is 2.65. The summed E-state index contributed by atoms with van der Waals surface area (Å²) in [6, 6.07) is 3.34. The molecule has 1 aromatic carbocycles. The van der Waals surface area contributed by atoms with E-state index in [9.17, 15) is 18.4 Å². The Morgan fingerprint density at radius 2 is 1.95 bits per heavy atom. The van der Waals surface area contributed by atoms with Crippen LogP contribution in [0, 0.1) is 17.0 Å². The Morgan fingerprint density at radius 1 is 1.38 bits per heavy atom. The summed E-state index contributed by atoms with van der Waals surface area (Å²) in [5.74, 6) is -4.32. The van der Waals surface area contributed by atoms with E-state index in [0.717, 1.165) is 12.1 Å². The van der Waals surface area contributed by atoms with Crippen LogP contribution in [-0.4, -0.2) is 24.6 Å². The summed E-state index contributed by atoms with van der Waals surface area (Å²) in [6.45, 7) is 4.89. The molecule has 4 nitrogen and oxygen atoms in total.